The number of aromatic nitrogens is 4. The third kappa shape index (κ3) is 3.99. The fourth-order valence-corrected chi connectivity index (χ4v) is 2.38. The number of nitrogens with zero attached hydrogens (tertiary/aromatic N) is 4. The maximum atomic E-state index is 12.5. The number of methoxy groups -OCH3 is 1. The molecule has 25 heavy (non-hydrogen) atoms. The second kappa shape index (κ2) is 7.54. The summed E-state index contributed by atoms with van der Waals surface area (Å²) < 4.78 is 6.76. The van der Waals surface area contributed by atoms with Crippen molar-refractivity contribution < 1.29 is 9.53 Å². The summed E-state index contributed by atoms with van der Waals surface area (Å²) in [5, 5.41) is 13.9. The highest BCUT2D eigenvalue weighted by Gasteiger charge is 2.09. The van der Waals surface area contributed by atoms with E-state index in [9.17, 15) is 4.79 Å². The van der Waals surface area contributed by atoms with E-state index in [2.05, 4.69) is 20.8 Å². The fourth-order valence-electron chi connectivity index (χ4n) is 2.38. The van der Waals surface area contributed by atoms with Gasteiger partial charge in [0, 0.05) is 23.4 Å². The van der Waals surface area contributed by atoms with Crippen molar-refractivity contribution in [2.75, 3.05) is 19.0 Å². The van der Waals surface area contributed by atoms with Crippen LogP contribution in [0.5, 0.6) is 5.75 Å². The van der Waals surface area contributed by atoms with Gasteiger partial charge in [0.2, 0.25) is 0 Å². The summed E-state index contributed by atoms with van der Waals surface area (Å²) in [6, 6.07) is 12.6. The Kier molecular flexibility index (Phi) is 5.00. The van der Waals surface area contributed by atoms with E-state index < -0.39 is 0 Å². The molecule has 3 N–H and O–H groups in total. The molecule has 8 nitrogen and oxygen atoms in total. The largest absolute Gasteiger partial charge is 0.497 e. The van der Waals surface area contributed by atoms with Crippen LogP contribution in [-0.2, 0) is 6.42 Å². The quantitative estimate of drug-likeness (QED) is 0.704. The van der Waals surface area contributed by atoms with Gasteiger partial charge >= 0.3 is 0 Å². The number of ether oxygens (including phenoxy) is 1. The zero-order valence-electron chi connectivity index (χ0n) is 13.7. The second-order valence-corrected chi connectivity index (χ2v) is 5.36. The Balaban J connectivity index is 1.81. The lowest BCUT2D eigenvalue weighted by Gasteiger charge is -2.10. The van der Waals surface area contributed by atoms with Crippen molar-refractivity contribution in [3.8, 4) is 11.4 Å². The van der Waals surface area contributed by atoms with E-state index in [1.54, 1.807) is 37.4 Å². The van der Waals surface area contributed by atoms with Gasteiger partial charge in [-0.2, -0.15) is 0 Å². The lowest BCUT2D eigenvalue weighted by atomic mass is 10.1. The van der Waals surface area contributed by atoms with Crippen molar-refractivity contribution in [2.24, 2.45) is 5.73 Å². The summed E-state index contributed by atoms with van der Waals surface area (Å²) >= 11 is 0. The molecule has 1 amide bonds. The first-order valence-electron chi connectivity index (χ1n) is 7.72. The minimum atomic E-state index is -0.213. The van der Waals surface area contributed by atoms with Crippen LogP contribution in [0.1, 0.15) is 15.9 Å². The van der Waals surface area contributed by atoms with E-state index in [1.807, 2.05) is 12.1 Å². The van der Waals surface area contributed by atoms with Crippen LogP contribution in [0.25, 0.3) is 5.69 Å². The molecule has 0 saturated carbocycles. The van der Waals surface area contributed by atoms with Gasteiger partial charge in [-0.25, -0.2) is 4.68 Å². The molecule has 0 aliphatic carbocycles. The first-order chi connectivity index (χ1) is 12.2. The highest BCUT2D eigenvalue weighted by molar-refractivity contribution is 6.04. The van der Waals surface area contributed by atoms with Gasteiger partial charge in [-0.15, -0.1) is 5.10 Å². The summed E-state index contributed by atoms with van der Waals surface area (Å²) in [5.41, 5.74) is 8.46. The number of anilines is 1. The lowest BCUT2D eigenvalue weighted by molar-refractivity contribution is 0.102. The topological polar surface area (TPSA) is 108 Å². The van der Waals surface area contributed by atoms with Crippen molar-refractivity contribution >= 4 is 11.6 Å². The minimum Gasteiger partial charge on any atom is -0.497 e. The number of amides is 1. The normalized spacial score (nSPS) is 10.5. The van der Waals surface area contributed by atoms with Crippen LogP contribution < -0.4 is 15.8 Å². The predicted molar refractivity (Wildman–Crippen MR) is 92.9 cm³/mol. The number of nitrogens with two attached hydrogens (primary N) is 1. The number of tetrazole rings is 1. The summed E-state index contributed by atoms with van der Waals surface area (Å²) in [4.78, 5) is 12.5. The first kappa shape index (κ1) is 16.6. The molecule has 0 atom stereocenters. The molecule has 0 spiro atoms. The Bertz CT molecular complexity index is 846. The van der Waals surface area contributed by atoms with Gasteiger partial charge in [0.15, 0.2) is 0 Å². The van der Waals surface area contributed by atoms with Crippen LogP contribution in [0, 0.1) is 0 Å². The molecule has 0 bridgehead atoms. The first-order valence-corrected chi connectivity index (χ1v) is 7.72. The Labute approximate surface area is 144 Å². The molecular formula is C17H18N6O2. The number of hydrogen-bond donors (Lipinski definition) is 2. The van der Waals surface area contributed by atoms with Crippen molar-refractivity contribution in [3.05, 3.63) is 59.9 Å². The molecule has 8 heteroatoms. The van der Waals surface area contributed by atoms with Gasteiger partial charge in [0.05, 0.1) is 12.8 Å². The van der Waals surface area contributed by atoms with Crippen LogP contribution >= 0.6 is 0 Å². The van der Waals surface area contributed by atoms with E-state index in [-0.39, 0.29) is 5.91 Å². The SMILES string of the molecule is COc1cc(NC(=O)c2ccc(CCN)cc2)cc(-n2cnnn2)c1. The highest BCUT2D eigenvalue weighted by Crippen LogP contribution is 2.23. The van der Waals surface area contributed by atoms with Gasteiger partial charge in [0.25, 0.3) is 5.91 Å². The zero-order chi connectivity index (χ0) is 17.6. The van der Waals surface area contributed by atoms with Crippen molar-refractivity contribution in [2.45, 2.75) is 6.42 Å². The predicted octanol–water partition coefficient (Wildman–Crippen LogP) is 1.42. The molecule has 1 heterocycles. The van der Waals surface area contributed by atoms with E-state index >= 15 is 0 Å². The number of carbonyl (C=O) groups excluding carboxylic acids is 1. The summed E-state index contributed by atoms with van der Waals surface area (Å²) in [5.74, 6) is 0.372. The Morgan fingerprint density at radius 3 is 2.68 bits per heavy atom. The molecule has 0 fully saturated rings. The van der Waals surface area contributed by atoms with Crippen molar-refractivity contribution in [1.29, 1.82) is 0 Å². The molecular weight excluding hydrogens is 320 g/mol. The number of carbonyl (C=O) groups is 1. The molecule has 0 aliphatic heterocycles. The van der Waals surface area contributed by atoms with Gasteiger partial charge in [-0.05, 0) is 47.2 Å². The van der Waals surface area contributed by atoms with Gasteiger partial charge in [0.1, 0.15) is 12.1 Å². The standard InChI is InChI=1S/C17H18N6O2/c1-25-16-9-14(8-15(10-16)23-11-19-21-22-23)20-17(24)13-4-2-12(3-5-13)6-7-18/h2-5,8-11H,6-7,18H2,1H3,(H,20,24). The highest BCUT2D eigenvalue weighted by atomic mass is 16.5. The Morgan fingerprint density at radius 1 is 1.24 bits per heavy atom. The Hall–Kier alpha value is -3.26. The lowest BCUT2D eigenvalue weighted by Crippen LogP contribution is -2.12. The molecule has 0 aliphatic rings. The van der Waals surface area contributed by atoms with Crippen molar-refractivity contribution in [3.63, 3.8) is 0 Å². The summed E-state index contributed by atoms with van der Waals surface area (Å²) in [6.07, 6.45) is 2.25. The average molecular weight is 338 g/mol. The van der Waals surface area contributed by atoms with E-state index in [0.29, 0.717) is 29.2 Å². The van der Waals surface area contributed by atoms with E-state index in [4.69, 9.17) is 10.5 Å². The molecule has 3 aromatic rings. The molecule has 0 saturated heterocycles. The third-order valence-corrected chi connectivity index (χ3v) is 3.65. The molecule has 0 radical (unpaired) electrons. The van der Waals surface area contributed by atoms with Crippen molar-refractivity contribution in [1.82, 2.24) is 20.2 Å². The fraction of sp³-hybridized carbons (Fsp3) is 0.176. The van der Waals surface area contributed by atoms with Crippen LogP contribution in [0.3, 0.4) is 0 Å². The number of rotatable bonds is 6. The molecule has 128 valence electrons. The second-order valence-electron chi connectivity index (χ2n) is 5.36. The van der Waals surface area contributed by atoms with Crippen LogP contribution in [0.4, 0.5) is 5.69 Å². The van der Waals surface area contributed by atoms with Gasteiger partial charge in [-0.3, -0.25) is 4.79 Å². The van der Waals surface area contributed by atoms with Gasteiger partial charge in [-0.1, -0.05) is 12.1 Å². The molecule has 2 aromatic carbocycles. The smallest absolute Gasteiger partial charge is 0.255 e. The van der Waals surface area contributed by atoms with Crippen LogP contribution in [0.15, 0.2) is 48.8 Å². The van der Waals surface area contributed by atoms with Crippen LogP contribution in [0.2, 0.25) is 0 Å². The molecule has 0 unspecified atom stereocenters. The summed E-state index contributed by atoms with van der Waals surface area (Å²) in [7, 11) is 1.56. The molecule has 3 rings (SSSR count). The molecule has 1 aromatic heterocycles. The van der Waals surface area contributed by atoms with Gasteiger partial charge < -0.3 is 15.8 Å². The number of benzene rings is 2. The van der Waals surface area contributed by atoms with Crippen LogP contribution in [-0.4, -0.2) is 39.8 Å². The zero-order valence-corrected chi connectivity index (χ0v) is 13.7. The Morgan fingerprint density at radius 2 is 2.04 bits per heavy atom. The monoisotopic (exact) mass is 338 g/mol. The summed E-state index contributed by atoms with van der Waals surface area (Å²) in [6.45, 7) is 0.579. The maximum Gasteiger partial charge on any atom is 0.255 e. The number of hydrogen-bond acceptors (Lipinski definition) is 6. The van der Waals surface area contributed by atoms with E-state index in [1.165, 1.54) is 11.0 Å². The maximum absolute atomic E-state index is 12.5. The minimum absolute atomic E-state index is 0.213. The third-order valence-electron chi connectivity index (χ3n) is 3.65. The van der Waals surface area contributed by atoms with E-state index in [0.717, 1.165) is 12.0 Å². The average Bonchev–Trinajstić information content (AvgIpc) is 3.17. The number of nitrogens with one attached hydrogen (secondary N) is 1.